The second-order valence-corrected chi connectivity index (χ2v) is 4.47. The Morgan fingerprint density at radius 1 is 0.944 bits per heavy atom. The van der Waals surface area contributed by atoms with Crippen molar-refractivity contribution in [3.05, 3.63) is 59.2 Å². The molecule has 2 nitrogen and oxygen atoms in total. The van der Waals surface area contributed by atoms with Gasteiger partial charge in [-0.1, -0.05) is 30.3 Å². The molecule has 0 aliphatic carbocycles. The molecule has 0 saturated heterocycles. The molecule has 0 radical (unpaired) electrons. The molecule has 0 atom stereocenters. The molecule has 0 spiro atoms. The standard InChI is InChI=1S/C16H19NO/c1-12-5-4-6-13(2)16(12)17-11-14-7-9-15(18-3)10-8-14/h4-10,17H,11H2,1-3H3. The Labute approximate surface area is 109 Å². The summed E-state index contributed by atoms with van der Waals surface area (Å²) in [7, 11) is 1.68. The Morgan fingerprint density at radius 2 is 1.56 bits per heavy atom. The zero-order valence-corrected chi connectivity index (χ0v) is 11.2. The normalized spacial score (nSPS) is 10.2. The first kappa shape index (κ1) is 12.5. The third kappa shape index (κ3) is 2.83. The number of nitrogens with one attached hydrogen (secondary N) is 1. The van der Waals surface area contributed by atoms with Crippen molar-refractivity contribution >= 4 is 5.69 Å². The highest BCUT2D eigenvalue weighted by molar-refractivity contribution is 5.56. The zero-order chi connectivity index (χ0) is 13.0. The smallest absolute Gasteiger partial charge is 0.118 e. The van der Waals surface area contributed by atoms with E-state index in [1.54, 1.807) is 7.11 Å². The SMILES string of the molecule is COc1ccc(CNc2c(C)cccc2C)cc1. The van der Waals surface area contributed by atoms with E-state index in [1.807, 2.05) is 12.1 Å². The molecular formula is C16H19NO. The summed E-state index contributed by atoms with van der Waals surface area (Å²) in [6.07, 6.45) is 0. The van der Waals surface area contributed by atoms with Gasteiger partial charge in [-0.15, -0.1) is 0 Å². The molecule has 0 aliphatic heterocycles. The van der Waals surface area contributed by atoms with Crippen molar-refractivity contribution in [2.45, 2.75) is 20.4 Å². The molecular weight excluding hydrogens is 222 g/mol. The fourth-order valence-electron chi connectivity index (χ4n) is 2.03. The number of rotatable bonds is 4. The van der Waals surface area contributed by atoms with Gasteiger partial charge in [0.1, 0.15) is 5.75 Å². The number of para-hydroxylation sites is 1. The van der Waals surface area contributed by atoms with Crippen LogP contribution in [0, 0.1) is 13.8 Å². The van der Waals surface area contributed by atoms with Gasteiger partial charge >= 0.3 is 0 Å². The van der Waals surface area contributed by atoms with Gasteiger partial charge in [0, 0.05) is 12.2 Å². The quantitative estimate of drug-likeness (QED) is 0.875. The number of methoxy groups -OCH3 is 1. The lowest BCUT2D eigenvalue weighted by molar-refractivity contribution is 0.414. The molecule has 18 heavy (non-hydrogen) atoms. The van der Waals surface area contributed by atoms with Crippen molar-refractivity contribution in [3.63, 3.8) is 0 Å². The number of anilines is 1. The van der Waals surface area contributed by atoms with Crippen LogP contribution in [0.4, 0.5) is 5.69 Å². The van der Waals surface area contributed by atoms with Crippen LogP contribution in [0.3, 0.4) is 0 Å². The van der Waals surface area contributed by atoms with Gasteiger partial charge < -0.3 is 10.1 Å². The van der Waals surface area contributed by atoms with E-state index in [0.29, 0.717) is 0 Å². The van der Waals surface area contributed by atoms with Crippen molar-refractivity contribution in [2.24, 2.45) is 0 Å². The molecule has 94 valence electrons. The molecule has 1 N–H and O–H groups in total. The minimum absolute atomic E-state index is 0.829. The maximum Gasteiger partial charge on any atom is 0.118 e. The van der Waals surface area contributed by atoms with Crippen molar-refractivity contribution in [1.82, 2.24) is 0 Å². The van der Waals surface area contributed by atoms with Crippen LogP contribution in [0.25, 0.3) is 0 Å². The molecule has 0 amide bonds. The van der Waals surface area contributed by atoms with E-state index in [-0.39, 0.29) is 0 Å². The average Bonchev–Trinajstić information content (AvgIpc) is 2.39. The molecule has 0 saturated carbocycles. The Balaban J connectivity index is 2.06. The van der Waals surface area contributed by atoms with Gasteiger partial charge in [0.25, 0.3) is 0 Å². The van der Waals surface area contributed by atoms with Crippen LogP contribution in [-0.4, -0.2) is 7.11 Å². The molecule has 2 rings (SSSR count). The first-order valence-corrected chi connectivity index (χ1v) is 6.13. The van der Waals surface area contributed by atoms with Crippen LogP contribution in [0.15, 0.2) is 42.5 Å². The number of hydrogen-bond acceptors (Lipinski definition) is 2. The summed E-state index contributed by atoms with van der Waals surface area (Å²) in [4.78, 5) is 0. The summed E-state index contributed by atoms with van der Waals surface area (Å²) in [5, 5.41) is 3.49. The second-order valence-electron chi connectivity index (χ2n) is 4.47. The fourth-order valence-corrected chi connectivity index (χ4v) is 2.03. The minimum Gasteiger partial charge on any atom is -0.497 e. The van der Waals surface area contributed by atoms with Crippen LogP contribution >= 0.6 is 0 Å². The summed E-state index contributed by atoms with van der Waals surface area (Å²) in [6.45, 7) is 5.09. The van der Waals surface area contributed by atoms with Crippen LogP contribution in [0.1, 0.15) is 16.7 Å². The summed E-state index contributed by atoms with van der Waals surface area (Å²) >= 11 is 0. The van der Waals surface area contributed by atoms with Crippen LogP contribution in [0.5, 0.6) is 5.75 Å². The van der Waals surface area contributed by atoms with Crippen molar-refractivity contribution in [2.75, 3.05) is 12.4 Å². The average molecular weight is 241 g/mol. The van der Waals surface area contributed by atoms with Gasteiger partial charge in [-0.25, -0.2) is 0 Å². The predicted octanol–water partition coefficient (Wildman–Crippen LogP) is 3.92. The van der Waals surface area contributed by atoms with Crippen molar-refractivity contribution in [1.29, 1.82) is 0 Å². The Morgan fingerprint density at radius 3 is 2.11 bits per heavy atom. The van der Waals surface area contributed by atoms with Crippen molar-refractivity contribution < 1.29 is 4.74 Å². The second kappa shape index (κ2) is 5.58. The maximum absolute atomic E-state index is 5.15. The molecule has 2 aromatic rings. The third-order valence-corrected chi connectivity index (χ3v) is 3.11. The van der Waals surface area contributed by atoms with E-state index in [9.17, 15) is 0 Å². The summed E-state index contributed by atoms with van der Waals surface area (Å²) < 4.78 is 5.15. The third-order valence-electron chi connectivity index (χ3n) is 3.11. The monoisotopic (exact) mass is 241 g/mol. The summed E-state index contributed by atoms with van der Waals surface area (Å²) in [5.74, 6) is 0.894. The first-order chi connectivity index (χ1) is 8.70. The fraction of sp³-hybridized carbons (Fsp3) is 0.250. The van der Waals surface area contributed by atoms with E-state index < -0.39 is 0 Å². The van der Waals surface area contributed by atoms with Gasteiger partial charge in [-0.3, -0.25) is 0 Å². The number of aryl methyl sites for hydroxylation is 2. The zero-order valence-electron chi connectivity index (χ0n) is 11.2. The Kier molecular flexibility index (Phi) is 3.88. The number of ether oxygens (including phenoxy) is 1. The molecule has 0 fully saturated rings. The van der Waals surface area contributed by atoms with E-state index in [0.717, 1.165) is 12.3 Å². The van der Waals surface area contributed by atoms with Gasteiger partial charge in [0.2, 0.25) is 0 Å². The molecule has 0 aromatic heterocycles. The molecule has 0 aliphatic rings. The van der Waals surface area contributed by atoms with Gasteiger partial charge in [-0.2, -0.15) is 0 Å². The lowest BCUT2D eigenvalue weighted by Gasteiger charge is -2.12. The molecule has 2 aromatic carbocycles. The lowest BCUT2D eigenvalue weighted by atomic mass is 10.1. The molecule has 0 heterocycles. The lowest BCUT2D eigenvalue weighted by Crippen LogP contribution is -2.02. The van der Waals surface area contributed by atoms with Gasteiger partial charge in [0.15, 0.2) is 0 Å². The van der Waals surface area contributed by atoms with Gasteiger partial charge in [0.05, 0.1) is 7.11 Å². The van der Waals surface area contributed by atoms with E-state index in [2.05, 4.69) is 49.5 Å². The van der Waals surface area contributed by atoms with Gasteiger partial charge in [-0.05, 0) is 42.7 Å². The Bertz CT molecular complexity index is 497. The number of hydrogen-bond donors (Lipinski definition) is 1. The van der Waals surface area contributed by atoms with Crippen molar-refractivity contribution in [3.8, 4) is 5.75 Å². The molecule has 2 heteroatoms. The summed E-state index contributed by atoms with van der Waals surface area (Å²) in [5.41, 5.74) is 5.04. The molecule has 0 bridgehead atoms. The topological polar surface area (TPSA) is 21.3 Å². The largest absolute Gasteiger partial charge is 0.497 e. The van der Waals surface area contributed by atoms with E-state index in [4.69, 9.17) is 4.74 Å². The van der Waals surface area contributed by atoms with Crippen LogP contribution in [-0.2, 0) is 6.54 Å². The molecule has 0 unspecified atom stereocenters. The van der Waals surface area contributed by atoms with Crippen LogP contribution in [0.2, 0.25) is 0 Å². The van der Waals surface area contributed by atoms with E-state index >= 15 is 0 Å². The van der Waals surface area contributed by atoms with Crippen LogP contribution < -0.4 is 10.1 Å². The van der Waals surface area contributed by atoms with E-state index in [1.165, 1.54) is 22.4 Å². The summed E-state index contributed by atoms with van der Waals surface area (Å²) in [6, 6.07) is 14.5. The highest BCUT2D eigenvalue weighted by Gasteiger charge is 2.01. The predicted molar refractivity (Wildman–Crippen MR) is 76.2 cm³/mol. The Hall–Kier alpha value is -1.96. The number of benzene rings is 2. The highest BCUT2D eigenvalue weighted by atomic mass is 16.5. The first-order valence-electron chi connectivity index (χ1n) is 6.13. The highest BCUT2D eigenvalue weighted by Crippen LogP contribution is 2.20. The maximum atomic E-state index is 5.15. The minimum atomic E-state index is 0.829.